The standard InChI is InChI=1S/C15H13Cl2NO4/c1-21-14(19)9-6-18-7-10(15(20)22-2)13(9)8-3-4-11(16)12(17)5-8/h3-7,9,13H,1-2H3. The second-order valence-corrected chi connectivity index (χ2v) is 5.39. The Kier molecular flexibility index (Phi) is 5.21. The van der Waals surface area contributed by atoms with Crippen molar-refractivity contribution in [1.29, 1.82) is 0 Å². The van der Waals surface area contributed by atoms with Crippen LogP contribution >= 0.6 is 23.2 Å². The molecule has 1 aromatic carbocycles. The minimum atomic E-state index is -0.749. The summed E-state index contributed by atoms with van der Waals surface area (Å²) in [5.74, 6) is -2.43. The molecule has 1 aromatic rings. The molecule has 7 heteroatoms. The molecule has 2 atom stereocenters. The number of carbonyl (C=O) groups is 2. The Hall–Kier alpha value is -1.85. The quantitative estimate of drug-likeness (QED) is 0.792. The van der Waals surface area contributed by atoms with Crippen molar-refractivity contribution in [1.82, 2.24) is 0 Å². The van der Waals surface area contributed by atoms with E-state index in [9.17, 15) is 9.59 Å². The van der Waals surface area contributed by atoms with Crippen LogP contribution in [0.2, 0.25) is 10.0 Å². The van der Waals surface area contributed by atoms with E-state index in [1.807, 2.05) is 0 Å². The lowest BCUT2D eigenvalue weighted by Crippen LogP contribution is -2.31. The highest BCUT2D eigenvalue weighted by Gasteiger charge is 2.37. The molecule has 2 rings (SSSR count). The number of halogens is 2. The van der Waals surface area contributed by atoms with Gasteiger partial charge in [-0.25, -0.2) is 4.79 Å². The SMILES string of the molecule is COC(=O)C1=CN=CC(C(=O)OC)C1c1ccc(Cl)c(Cl)c1. The van der Waals surface area contributed by atoms with E-state index in [4.69, 9.17) is 32.7 Å². The number of esters is 2. The average Bonchev–Trinajstić information content (AvgIpc) is 2.55. The first-order chi connectivity index (χ1) is 10.5. The molecule has 0 fully saturated rings. The van der Waals surface area contributed by atoms with Crippen LogP contribution in [0.25, 0.3) is 0 Å². The average molecular weight is 342 g/mol. The molecule has 1 aliphatic rings. The van der Waals surface area contributed by atoms with E-state index in [-0.39, 0.29) is 5.57 Å². The highest BCUT2D eigenvalue weighted by Crippen LogP contribution is 2.37. The molecule has 0 aliphatic carbocycles. The molecule has 0 saturated heterocycles. The maximum atomic E-state index is 12.0. The minimum absolute atomic E-state index is 0.249. The lowest BCUT2D eigenvalue weighted by atomic mass is 9.80. The van der Waals surface area contributed by atoms with Crippen LogP contribution in [0.1, 0.15) is 11.5 Å². The molecule has 5 nitrogen and oxygen atoms in total. The summed E-state index contributed by atoms with van der Waals surface area (Å²) in [6, 6.07) is 4.92. The number of benzene rings is 1. The van der Waals surface area contributed by atoms with Crippen LogP contribution in [0, 0.1) is 5.92 Å². The molecule has 22 heavy (non-hydrogen) atoms. The molecule has 0 aromatic heterocycles. The first-order valence-corrected chi connectivity index (χ1v) is 7.09. The van der Waals surface area contributed by atoms with E-state index in [2.05, 4.69) is 4.99 Å². The van der Waals surface area contributed by atoms with Gasteiger partial charge in [0, 0.05) is 18.3 Å². The van der Waals surface area contributed by atoms with Crippen LogP contribution in [0.15, 0.2) is 35.0 Å². The van der Waals surface area contributed by atoms with Gasteiger partial charge in [-0.3, -0.25) is 9.79 Å². The Morgan fingerprint density at radius 1 is 1.14 bits per heavy atom. The number of nitrogens with zero attached hydrogens (tertiary/aromatic N) is 1. The second-order valence-electron chi connectivity index (χ2n) is 4.57. The van der Waals surface area contributed by atoms with Crippen LogP contribution in [0.3, 0.4) is 0 Å². The molecule has 0 amide bonds. The largest absolute Gasteiger partial charge is 0.468 e. The number of hydrogen-bond donors (Lipinski definition) is 0. The van der Waals surface area contributed by atoms with Gasteiger partial charge in [-0.05, 0) is 17.7 Å². The van der Waals surface area contributed by atoms with E-state index in [1.54, 1.807) is 18.2 Å². The van der Waals surface area contributed by atoms with Gasteiger partial charge in [0.15, 0.2) is 0 Å². The van der Waals surface area contributed by atoms with Gasteiger partial charge in [0.2, 0.25) is 0 Å². The zero-order valence-corrected chi connectivity index (χ0v) is 13.4. The van der Waals surface area contributed by atoms with Crippen molar-refractivity contribution in [3.63, 3.8) is 0 Å². The topological polar surface area (TPSA) is 65.0 Å². The van der Waals surface area contributed by atoms with Crippen LogP contribution < -0.4 is 0 Å². The normalized spacial score (nSPS) is 20.3. The van der Waals surface area contributed by atoms with Crippen LogP contribution in [0.4, 0.5) is 0 Å². The lowest BCUT2D eigenvalue weighted by molar-refractivity contribution is -0.143. The van der Waals surface area contributed by atoms with Crippen molar-refractivity contribution in [2.75, 3.05) is 14.2 Å². The van der Waals surface area contributed by atoms with Gasteiger partial charge in [-0.2, -0.15) is 0 Å². The molecule has 116 valence electrons. The Morgan fingerprint density at radius 3 is 2.45 bits per heavy atom. The Balaban J connectivity index is 2.53. The summed E-state index contributed by atoms with van der Waals surface area (Å²) in [4.78, 5) is 27.9. The number of aliphatic imine (C=N–C) groups is 1. The highest BCUT2D eigenvalue weighted by atomic mass is 35.5. The number of hydrogen-bond acceptors (Lipinski definition) is 5. The predicted octanol–water partition coefficient (Wildman–Crippen LogP) is 3.01. The van der Waals surface area contributed by atoms with E-state index >= 15 is 0 Å². The Morgan fingerprint density at radius 2 is 1.86 bits per heavy atom. The van der Waals surface area contributed by atoms with E-state index in [1.165, 1.54) is 26.6 Å². The maximum absolute atomic E-state index is 12.0. The number of ether oxygens (including phenoxy) is 2. The van der Waals surface area contributed by atoms with E-state index in [0.29, 0.717) is 15.6 Å². The summed E-state index contributed by atoms with van der Waals surface area (Å²) >= 11 is 12.0. The van der Waals surface area contributed by atoms with Gasteiger partial charge in [0.1, 0.15) is 5.92 Å². The summed E-state index contributed by atoms with van der Waals surface area (Å²) in [6.07, 6.45) is 2.81. The zero-order chi connectivity index (χ0) is 16.3. The second kappa shape index (κ2) is 6.94. The van der Waals surface area contributed by atoms with E-state index < -0.39 is 23.8 Å². The first-order valence-electron chi connectivity index (χ1n) is 6.34. The molecule has 0 saturated carbocycles. The Labute approximate surface area is 137 Å². The van der Waals surface area contributed by atoms with E-state index in [0.717, 1.165) is 0 Å². The van der Waals surface area contributed by atoms with Gasteiger partial charge in [0.25, 0.3) is 0 Å². The van der Waals surface area contributed by atoms with Crippen molar-refractivity contribution >= 4 is 41.4 Å². The van der Waals surface area contributed by atoms with Crippen LogP contribution in [-0.2, 0) is 19.1 Å². The molecule has 0 N–H and O–H groups in total. The molecule has 1 heterocycles. The summed E-state index contributed by atoms with van der Waals surface area (Å²) in [6.45, 7) is 0. The third-order valence-electron chi connectivity index (χ3n) is 3.35. The fraction of sp³-hybridized carbons (Fsp3) is 0.267. The third-order valence-corrected chi connectivity index (χ3v) is 4.09. The summed E-state index contributed by atoms with van der Waals surface area (Å²) in [5, 5.41) is 0.711. The predicted molar refractivity (Wildman–Crippen MR) is 83.3 cm³/mol. The highest BCUT2D eigenvalue weighted by molar-refractivity contribution is 6.42. The van der Waals surface area contributed by atoms with Crippen molar-refractivity contribution < 1.29 is 19.1 Å². The zero-order valence-electron chi connectivity index (χ0n) is 11.9. The number of methoxy groups -OCH3 is 2. The monoisotopic (exact) mass is 341 g/mol. The maximum Gasteiger partial charge on any atom is 0.335 e. The third kappa shape index (κ3) is 3.15. The van der Waals surface area contributed by atoms with Gasteiger partial charge in [-0.1, -0.05) is 29.3 Å². The molecule has 0 radical (unpaired) electrons. The smallest absolute Gasteiger partial charge is 0.335 e. The number of carbonyl (C=O) groups excluding carboxylic acids is 2. The molecule has 0 spiro atoms. The number of rotatable bonds is 3. The fourth-order valence-electron chi connectivity index (χ4n) is 2.30. The summed E-state index contributed by atoms with van der Waals surface area (Å²) in [7, 11) is 2.54. The molecular formula is C15H13Cl2NO4. The van der Waals surface area contributed by atoms with Gasteiger partial charge in [0.05, 0.1) is 29.8 Å². The molecule has 0 bridgehead atoms. The molecule has 2 unspecified atom stereocenters. The fourth-order valence-corrected chi connectivity index (χ4v) is 2.61. The van der Waals surface area contributed by atoms with Crippen molar-refractivity contribution in [2.45, 2.75) is 5.92 Å². The first kappa shape index (κ1) is 16.5. The van der Waals surface area contributed by atoms with Gasteiger partial charge >= 0.3 is 11.9 Å². The molecule has 1 aliphatic heterocycles. The summed E-state index contributed by atoms with van der Waals surface area (Å²) < 4.78 is 9.55. The van der Waals surface area contributed by atoms with Crippen molar-refractivity contribution in [3.8, 4) is 0 Å². The van der Waals surface area contributed by atoms with Crippen molar-refractivity contribution in [3.05, 3.63) is 45.6 Å². The van der Waals surface area contributed by atoms with Crippen molar-refractivity contribution in [2.24, 2.45) is 10.9 Å². The van der Waals surface area contributed by atoms with Crippen LogP contribution in [0.5, 0.6) is 0 Å². The van der Waals surface area contributed by atoms with Gasteiger partial charge in [-0.15, -0.1) is 0 Å². The minimum Gasteiger partial charge on any atom is -0.468 e. The molecular weight excluding hydrogens is 329 g/mol. The van der Waals surface area contributed by atoms with Crippen LogP contribution in [-0.4, -0.2) is 32.4 Å². The Bertz CT molecular complexity index is 670. The van der Waals surface area contributed by atoms with Gasteiger partial charge < -0.3 is 9.47 Å². The lowest BCUT2D eigenvalue weighted by Gasteiger charge is -2.26. The summed E-state index contributed by atoms with van der Waals surface area (Å²) in [5.41, 5.74) is 0.895.